The molecule has 0 fully saturated rings. The molecule has 5 aromatic rings. The van der Waals surface area contributed by atoms with Crippen molar-refractivity contribution in [1.82, 2.24) is 0 Å². The van der Waals surface area contributed by atoms with E-state index in [-0.39, 0.29) is 19.2 Å². The van der Waals surface area contributed by atoms with Crippen molar-refractivity contribution in [3.8, 4) is 12.1 Å². The van der Waals surface area contributed by atoms with E-state index in [2.05, 4.69) is 9.51 Å². The third-order valence-electron chi connectivity index (χ3n) is 9.47. The Morgan fingerprint density at radius 1 is 0.262 bits per heavy atom. The van der Waals surface area contributed by atoms with Crippen LogP contribution in [-0.4, -0.2) is 17.9 Å². The van der Waals surface area contributed by atoms with Crippen LogP contribution < -0.4 is 32.8 Å². The molecule has 0 heterocycles. The van der Waals surface area contributed by atoms with Gasteiger partial charge in [0.25, 0.3) is 0 Å². The summed E-state index contributed by atoms with van der Waals surface area (Å²) in [6, 6.07) is 2.23. The lowest BCUT2D eigenvalue weighted by Gasteiger charge is -2.36. The first-order valence-electron chi connectivity index (χ1n) is 16.3. The summed E-state index contributed by atoms with van der Waals surface area (Å²) in [5.41, 5.74) is -20.8. The number of alkyl halides is 2. The highest BCUT2D eigenvalue weighted by Crippen LogP contribution is 2.31. The third-order valence-corrected chi connectivity index (χ3v) is 9.47. The maximum Gasteiger partial charge on any atom is 0.490 e. The van der Waals surface area contributed by atoms with E-state index in [1.165, 1.54) is 0 Å². The summed E-state index contributed by atoms with van der Waals surface area (Å²) in [6.45, 7) is 0.208. The number of nitrogens with zero attached hydrogens (tertiary/aromatic N) is 2. The van der Waals surface area contributed by atoms with Crippen LogP contribution in [0, 0.1) is 152 Å². The Kier molecular flexibility index (Phi) is 14.8. The summed E-state index contributed by atoms with van der Waals surface area (Å²) >= 11 is 9.53. The Balaban J connectivity index is 0.00000300. The van der Waals surface area contributed by atoms with E-state index in [0.717, 1.165) is 12.1 Å². The summed E-state index contributed by atoms with van der Waals surface area (Å²) in [6.07, 6.45) is -14.0. The van der Waals surface area contributed by atoms with Crippen LogP contribution in [0.2, 0.25) is 0 Å². The minimum atomic E-state index is -6.98. The predicted octanol–water partition coefficient (Wildman–Crippen LogP) is 9.09. The van der Waals surface area contributed by atoms with Crippen molar-refractivity contribution in [3.05, 3.63) is 149 Å². The van der Waals surface area contributed by atoms with Crippen LogP contribution >= 0.6 is 23.2 Å². The highest BCUT2D eigenvalue weighted by atomic mass is 35.5. The summed E-state index contributed by atoms with van der Waals surface area (Å²) in [5, 5.41) is 0.194. The molecule has 0 N–H and O–H groups in total. The van der Waals surface area contributed by atoms with Crippen LogP contribution in [0.15, 0.2) is 0 Å². The second-order valence-corrected chi connectivity index (χ2v) is 13.3. The minimum Gasteiger partial charge on any atom is -0.333 e. The summed E-state index contributed by atoms with van der Waals surface area (Å²) < 4.78 is 377. The van der Waals surface area contributed by atoms with E-state index in [1.807, 2.05) is 0 Å². The highest BCUT2D eigenvalue weighted by molar-refractivity contribution is 7.21. The zero-order chi connectivity index (χ0) is 49.9. The SMILES string of the molecule is CC#[N+][B-](c1c(F)c(F)c(F)c(F)c1F)(c1c(F)c(F)c(F)c(F)c1F)c1c(F)c(F)c(F)c(F)c1[B-]([N+]#CC)(c1c(F)c(F)c(F)c(F)c1F)c1c(F)c(F)c(F)c(F)c1F.ClCCl. The van der Waals surface area contributed by atoms with Gasteiger partial charge in [0, 0.05) is 0 Å². The topological polar surface area (TPSA) is 8.72 Å². The average Bonchev–Trinajstić information content (AvgIpc) is 3.26. The second-order valence-electron chi connectivity index (χ2n) is 12.5. The maximum atomic E-state index is 16.9. The van der Waals surface area contributed by atoms with Crippen molar-refractivity contribution in [3.63, 3.8) is 0 Å². The van der Waals surface area contributed by atoms with E-state index >= 15 is 87.8 Å². The lowest BCUT2D eigenvalue weighted by atomic mass is 9.16. The van der Waals surface area contributed by atoms with Crippen LogP contribution in [-0.2, 0) is 0 Å². The van der Waals surface area contributed by atoms with Gasteiger partial charge in [0.2, 0.25) is 0 Å². The van der Waals surface area contributed by atoms with Crippen molar-refractivity contribution in [2.75, 3.05) is 5.34 Å². The molecule has 0 aromatic heterocycles. The van der Waals surface area contributed by atoms with E-state index in [0.29, 0.717) is 0 Å². The fraction of sp³-hybridized carbons (Fsp3) is 0.0857. The fourth-order valence-corrected chi connectivity index (χ4v) is 7.08. The van der Waals surface area contributed by atoms with E-state index in [9.17, 15) is 17.6 Å². The van der Waals surface area contributed by atoms with Gasteiger partial charge in [-0.15, -0.1) is 23.2 Å². The first kappa shape index (κ1) is 51.7. The van der Waals surface area contributed by atoms with Crippen LogP contribution in [0.1, 0.15) is 13.8 Å². The lowest BCUT2D eigenvalue weighted by molar-refractivity contribution is 0.381. The molecule has 2 nitrogen and oxygen atoms in total. The van der Waals surface area contributed by atoms with Crippen molar-refractivity contribution in [2.45, 2.75) is 13.8 Å². The molecular formula is C35H8B2Cl2F24N2. The van der Waals surface area contributed by atoms with Crippen molar-refractivity contribution in [1.29, 1.82) is 0 Å². The Morgan fingerprint density at radius 2 is 0.369 bits per heavy atom. The normalized spacial score (nSPS) is 11.5. The Morgan fingerprint density at radius 3 is 0.492 bits per heavy atom. The molecule has 30 heteroatoms. The monoisotopic (exact) mass is 1000 g/mol. The number of halogens is 26. The van der Waals surface area contributed by atoms with E-state index < -0.39 is 185 Å². The molecule has 0 saturated heterocycles. The van der Waals surface area contributed by atoms with Crippen molar-refractivity contribution < 1.29 is 105 Å². The summed E-state index contributed by atoms with van der Waals surface area (Å²) in [4.78, 5) is 0. The molecule has 5 rings (SSSR count). The van der Waals surface area contributed by atoms with Gasteiger partial charge in [-0.25, -0.2) is 105 Å². The van der Waals surface area contributed by atoms with Gasteiger partial charge in [-0.3, -0.25) is 0 Å². The molecule has 0 atom stereocenters. The van der Waals surface area contributed by atoms with Crippen molar-refractivity contribution in [2.24, 2.45) is 0 Å². The van der Waals surface area contributed by atoms with Gasteiger partial charge in [0.05, 0.1) is 19.2 Å². The minimum absolute atomic E-state index is 0.104. The Labute approximate surface area is 354 Å². The molecule has 5 aromatic carbocycles. The number of hydrogen-bond acceptors (Lipinski definition) is 0. The second kappa shape index (κ2) is 18.5. The lowest BCUT2D eigenvalue weighted by Crippen LogP contribution is -2.81. The van der Waals surface area contributed by atoms with Gasteiger partial charge in [-0.1, -0.05) is 10.9 Å². The molecule has 0 aliphatic carbocycles. The molecule has 0 saturated carbocycles. The van der Waals surface area contributed by atoms with Gasteiger partial charge in [0.1, 0.15) is 58.2 Å². The molecule has 0 aliphatic rings. The average molecular weight is 1000 g/mol. The molecule has 0 aliphatic heterocycles. The maximum absolute atomic E-state index is 16.9. The molecule has 0 unspecified atom stereocenters. The Hall–Kier alpha value is -5.89. The zero-order valence-corrected chi connectivity index (χ0v) is 32.1. The summed E-state index contributed by atoms with van der Waals surface area (Å²) in [7, 11) is 0. The highest BCUT2D eigenvalue weighted by Gasteiger charge is 2.64. The first-order valence-corrected chi connectivity index (χ1v) is 17.3. The predicted molar refractivity (Wildman–Crippen MR) is 183 cm³/mol. The zero-order valence-electron chi connectivity index (χ0n) is 30.6. The van der Waals surface area contributed by atoms with Crippen LogP contribution in [0.3, 0.4) is 0 Å². The van der Waals surface area contributed by atoms with Gasteiger partial charge >= 0.3 is 12.6 Å². The van der Waals surface area contributed by atoms with Crippen LogP contribution in [0.4, 0.5) is 105 Å². The van der Waals surface area contributed by atoms with Gasteiger partial charge < -0.3 is 9.51 Å². The molecule has 65 heavy (non-hydrogen) atoms. The van der Waals surface area contributed by atoms with Crippen LogP contribution in [0.5, 0.6) is 0 Å². The van der Waals surface area contributed by atoms with E-state index in [1.54, 1.807) is 0 Å². The first-order chi connectivity index (χ1) is 30.1. The van der Waals surface area contributed by atoms with Crippen LogP contribution in [0.25, 0.3) is 9.51 Å². The summed E-state index contributed by atoms with van der Waals surface area (Å²) in [5.74, 6) is -86.0. The number of benzene rings is 5. The van der Waals surface area contributed by atoms with Gasteiger partial charge in [-0.2, -0.15) is 0 Å². The third kappa shape index (κ3) is 7.32. The van der Waals surface area contributed by atoms with Crippen molar-refractivity contribution >= 4 is 68.5 Å². The fourth-order valence-electron chi connectivity index (χ4n) is 7.08. The largest absolute Gasteiger partial charge is 0.490 e. The number of hydrogen-bond donors (Lipinski definition) is 0. The molecule has 0 bridgehead atoms. The molecule has 0 amide bonds. The smallest absolute Gasteiger partial charge is 0.333 e. The Bertz CT molecular complexity index is 2550. The van der Waals surface area contributed by atoms with E-state index in [4.69, 9.17) is 23.2 Å². The quantitative estimate of drug-likeness (QED) is 0.0529. The molecule has 0 spiro atoms. The number of rotatable bonds is 6. The molecular weight excluding hydrogens is 997 g/mol. The molecule has 0 radical (unpaired) electrons. The standard InChI is InChI=1S/C34H6B2F24N2.CH2Cl2/c1-3-61-35(7-13(39)23(49)31(57)24(50)14(7)40,8-15(41)25(51)32(58)26(52)16(8)42)5-6(12(38)22(48)21(47)11(5)37)36(62-4-2,9-17(43)27(53)33(59)28(54)18(9)44)10-19(45)29(55)34(60)30(56)20(10)46;2-1-3/h1-2H3;1H2. The molecule has 346 valence electrons. The van der Waals surface area contributed by atoms with Gasteiger partial charge in [0.15, 0.2) is 93.6 Å². The van der Waals surface area contributed by atoms with Gasteiger partial charge in [-0.05, 0) is 21.9 Å².